The van der Waals surface area contributed by atoms with E-state index >= 15 is 0 Å². The first-order valence-corrected chi connectivity index (χ1v) is 11.3. The quantitative estimate of drug-likeness (QED) is 0.416. The van der Waals surface area contributed by atoms with Crippen LogP contribution in [0.1, 0.15) is 47.2 Å². The van der Waals surface area contributed by atoms with Crippen molar-refractivity contribution in [2.45, 2.75) is 31.7 Å². The number of anilines is 1. The van der Waals surface area contributed by atoms with Gasteiger partial charge in [0, 0.05) is 18.4 Å². The number of alkyl carbamates (subject to hydrolysis) is 1. The van der Waals surface area contributed by atoms with Gasteiger partial charge in [-0.05, 0) is 46.9 Å². The van der Waals surface area contributed by atoms with E-state index in [0.29, 0.717) is 6.42 Å². The summed E-state index contributed by atoms with van der Waals surface area (Å²) >= 11 is 0. The Hall–Kier alpha value is -4.20. The van der Waals surface area contributed by atoms with Gasteiger partial charge in [-0.1, -0.05) is 55.5 Å². The zero-order valence-electron chi connectivity index (χ0n) is 19.1. The van der Waals surface area contributed by atoms with Crippen molar-refractivity contribution in [2.24, 2.45) is 0 Å². The predicted octanol–water partition coefficient (Wildman–Crippen LogP) is 5.17. The van der Waals surface area contributed by atoms with Crippen molar-refractivity contribution in [3.8, 4) is 11.1 Å². The zero-order valence-corrected chi connectivity index (χ0v) is 19.1. The molecule has 1 atom stereocenters. The fraction of sp³-hybridized carbons (Fsp3) is 0.222. The number of carbonyl (C=O) groups excluding carboxylic acids is 2. The Balaban J connectivity index is 1.35. The van der Waals surface area contributed by atoms with E-state index in [1.807, 2.05) is 43.3 Å². The molecule has 0 radical (unpaired) electrons. The first kappa shape index (κ1) is 23.9. The Morgan fingerprint density at radius 1 is 1.00 bits per heavy atom. The van der Waals surface area contributed by atoms with Crippen molar-refractivity contribution in [3.05, 3.63) is 89.2 Å². The second-order valence-electron chi connectivity index (χ2n) is 8.32. The molecule has 0 saturated heterocycles. The summed E-state index contributed by atoms with van der Waals surface area (Å²) < 4.78 is 18.9. The number of carboxylic acid groups (broad SMARTS) is 1. The first-order chi connectivity index (χ1) is 16.9. The molecule has 1 aliphatic carbocycles. The van der Waals surface area contributed by atoms with Crippen LogP contribution < -0.4 is 10.6 Å². The normalized spacial score (nSPS) is 12.9. The summed E-state index contributed by atoms with van der Waals surface area (Å²) in [5, 5.41) is 14.4. The molecule has 0 bridgehead atoms. The van der Waals surface area contributed by atoms with E-state index in [9.17, 15) is 23.9 Å². The fourth-order valence-electron chi connectivity index (χ4n) is 4.33. The molecule has 0 unspecified atom stereocenters. The van der Waals surface area contributed by atoms with E-state index in [1.54, 1.807) is 0 Å². The average Bonchev–Trinajstić information content (AvgIpc) is 3.17. The van der Waals surface area contributed by atoms with Gasteiger partial charge < -0.3 is 20.5 Å². The Morgan fingerprint density at radius 2 is 1.63 bits per heavy atom. The van der Waals surface area contributed by atoms with E-state index in [1.165, 1.54) is 6.07 Å². The highest BCUT2D eigenvalue weighted by atomic mass is 19.1. The van der Waals surface area contributed by atoms with Crippen LogP contribution >= 0.6 is 0 Å². The molecule has 0 heterocycles. The minimum atomic E-state index is -1.36. The van der Waals surface area contributed by atoms with Gasteiger partial charge in [-0.15, -0.1) is 0 Å². The molecular formula is C27H25FN2O5. The Kier molecular flexibility index (Phi) is 7.10. The number of hydrogen-bond acceptors (Lipinski definition) is 4. The van der Waals surface area contributed by atoms with Crippen LogP contribution in [0.2, 0.25) is 0 Å². The van der Waals surface area contributed by atoms with Crippen LogP contribution in [0.5, 0.6) is 0 Å². The van der Waals surface area contributed by atoms with Crippen molar-refractivity contribution >= 4 is 23.7 Å². The van der Waals surface area contributed by atoms with Gasteiger partial charge in [0.25, 0.3) is 0 Å². The van der Waals surface area contributed by atoms with E-state index in [4.69, 9.17) is 4.74 Å². The summed E-state index contributed by atoms with van der Waals surface area (Å²) in [5.74, 6) is -2.67. The van der Waals surface area contributed by atoms with Gasteiger partial charge in [-0.25, -0.2) is 14.0 Å². The number of carbonyl (C=O) groups is 3. The largest absolute Gasteiger partial charge is 0.478 e. The van der Waals surface area contributed by atoms with Crippen LogP contribution in [-0.4, -0.2) is 35.7 Å². The van der Waals surface area contributed by atoms with Gasteiger partial charge in [-0.3, -0.25) is 4.79 Å². The number of aromatic carboxylic acids is 1. The highest BCUT2D eigenvalue weighted by Crippen LogP contribution is 2.44. The maximum Gasteiger partial charge on any atom is 0.407 e. The minimum absolute atomic E-state index is 0.0140. The molecule has 0 spiro atoms. The van der Waals surface area contributed by atoms with Crippen molar-refractivity contribution in [3.63, 3.8) is 0 Å². The highest BCUT2D eigenvalue weighted by Gasteiger charge is 2.29. The van der Waals surface area contributed by atoms with Gasteiger partial charge in [0.15, 0.2) is 0 Å². The molecule has 3 N–H and O–H groups in total. The Labute approximate surface area is 201 Å². The minimum Gasteiger partial charge on any atom is -0.478 e. The molecule has 7 nitrogen and oxygen atoms in total. The standard InChI is InChI=1S/C27H25FN2O5/c1-2-17(14-25(31)30-24-12-11-16(28)13-22(24)26(32)33)29-27(34)35-15-23-20-9-5-3-7-18(20)19-8-4-6-10-21(19)23/h3-13,17,23H,2,14-15H2,1H3,(H,29,34)(H,30,31)(H,32,33)/t17-/m0/s1. The summed E-state index contributed by atoms with van der Waals surface area (Å²) in [6, 6.07) is 18.6. The number of carboxylic acids is 1. The second kappa shape index (κ2) is 10.4. The van der Waals surface area contributed by atoms with Crippen molar-refractivity contribution in [1.29, 1.82) is 0 Å². The Morgan fingerprint density at radius 3 is 2.23 bits per heavy atom. The van der Waals surface area contributed by atoms with Crippen LogP contribution in [0.25, 0.3) is 11.1 Å². The monoisotopic (exact) mass is 476 g/mol. The molecule has 180 valence electrons. The Bertz CT molecular complexity index is 1230. The third-order valence-corrected chi connectivity index (χ3v) is 6.08. The molecule has 3 aromatic rings. The number of nitrogens with one attached hydrogen (secondary N) is 2. The third kappa shape index (κ3) is 5.32. The van der Waals surface area contributed by atoms with Gasteiger partial charge in [0.2, 0.25) is 5.91 Å². The van der Waals surface area contributed by atoms with E-state index in [0.717, 1.165) is 34.4 Å². The van der Waals surface area contributed by atoms with Crippen LogP contribution in [0.4, 0.5) is 14.9 Å². The number of rotatable bonds is 8. The molecule has 4 rings (SSSR count). The third-order valence-electron chi connectivity index (χ3n) is 6.08. The molecular weight excluding hydrogens is 451 g/mol. The second-order valence-corrected chi connectivity index (χ2v) is 8.32. The smallest absolute Gasteiger partial charge is 0.407 e. The van der Waals surface area contributed by atoms with E-state index in [2.05, 4.69) is 22.8 Å². The topological polar surface area (TPSA) is 105 Å². The van der Waals surface area contributed by atoms with Crippen LogP contribution in [0.15, 0.2) is 66.7 Å². The number of benzene rings is 3. The number of fused-ring (bicyclic) bond motifs is 3. The molecule has 1 aliphatic rings. The number of hydrogen-bond donors (Lipinski definition) is 3. The van der Waals surface area contributed by atoms with Crippen LogP contribution in [-0.2, 0) is 9.53 Å². The molecule has 0 fully saturated rings. The molecule has 0 aliphatic heterocycles. The lowest BCUT2D eigenvalue weighted by Crippen LogP contribution is -2.38. The molecule has 0 aromatic heterocycles. The first-order valence-electron chi connectivity index (χ1n) is 11.3. The average molecular weight is 477 g/mol. The lowest BCUT2D eigenvalue weighted by atomic mass is 9.98. The van der Waals surface area contributed by atoms with Crippen LogP contribution in [0, 0.1) is 5.82 Å². The van der Waals surface area contributed by atoms with Crippen LogP contribution in [0.3, 0.4) is 0 Å². The fourth-order valence-corrected chi connectivity index (χ4v) is 4.33. The summed E-state index contributed by atoms with van der Waals surface area (Å²) in [6.45, 7) is 1.96. The summed E-state index contributed by atoms with van der Waals surface area (Å²) in [6.07, 6.45) is -0.288. The van der Waals surface area contributed by atoms with Gasteiger partial charge >= 0.3 is 12.1 Å². The van der Waals surface area contributed by atoms with Crippen molar-refractivity contribution in [2.75, 3.05) is 11.9 Å². The SMILES string of the molecule is CC[C@@H](CC(=O)Nc1ccc(F)cc1C(=O)O)NC(=O)OCC1c2ccccc2-c2ccccc21. The number of amides is 2. The lowest BCUT2D eigenvalue weighted by Gasteiger charge is -2.19. The molecule has 2 amide bonds. The lowest BCUT2D eigenvalue weighted by molar-refractivity contribution is -0.116. The summed E-state index contributed by atoms with van der Waals surface area (Å²) in [4.78, 5) is 36.3. The van der Waals surface area contributed by atoms with E-state index in [-0.39, 0.29) is 30.2 Å². The molecule has 3 aromatic carbocycles. The summed E-state index contributed by atoms with van der Waals surface area (Å²) in [7, 11) is 0. The number of halogens is 1. The predicted molar refractivity (Wildman–Crippen MR) is 129 cm³/mol. The molecule has 8 heteroatoms. The van der Waals surface area contributed by atoms with Gasteiger partial charge in [0.1, 0.15) is 12.4 Å². The van der Waals surface area contributed by atoms with E-state index < -0.39 is 29.8 Å². The highest BCUT2D eigenvalue weighted by molar-refractivity contribution is 6.00. The van der Waals surface area contributed by atoms with Gasteiger partial charge in [0.05, 0.1) is 11.3 Å². The zero-order chi connectivity index (χ0) is 24.9. The van der Waals surface area contributed by atoms with Gasteiger partial charge in [-0.2, -0.15) is 0 Å². The maximum absolute atomic E-state index is 13.4. The maximum atomic E-state index is 13.4. The molecule has 35 heavy (non-hydrogen) atoms. The summed E-state index contributed by atoms with van der Waals surface area (Å²) in [5.41, 5.74) is 4.09. The number of ether oxygens (including phenoxy) is 1. The molecule has 0 saturated carbocycles. The van der Waals surface area contributed by atoms with Crippen molar-refractivity contribution in [1.82, 2.24) is 5.32 Å². The van der Waals surface area contributed by atoms with Crippen molar-refractivity contribution < 1.29 is 28.6 Å².